The summed E-state index contributed by atoms with van der Waals surface area (Å²) in [5, 5.41) is 0. The zero-order chi connectivity index (χ0) is 12.7. The van der Waals surface area contributed by atoms with E-state index in [1.807, 2.05) is 0 Å². The van der Waals surface area contributed by atoms with Crippen LogP contribution in [0.4, 0.5) is 5.69 Å². The molecule has 0 aliphatic rings. The molecule has 0 spiro atoms. The van der Waals surface area contributed by atoms with Crippen molar-refractivity contribution in [1.82, 2.24) is 0 Å². The van der Waals surface area contributed by atoms with E-state index in [-0.39, 0.29) is 0 Å². The molecule has 0 fully saturated rings. The van der Waals surface area contributed by atoms with Crippen molar-refractivity contribution in [2.75, 3.05) is 18.5 Å². The number of nitrogens with two attached hydrogens (primary N) is 1. The normalized spacial score (nSPS) is 12.5. The van der Waals surface area contributed by atoms with Crippen LogP contribution in [-0.4, -0.2) is 19.6 Å². The molecule has 2 nitrogen and oxygen atoms in total. The lowest BCUT2D eigenvalue weighted by molar-refractivity contribution is 0.544. The molecule has 2 heteroatoms. The third-order valence-electron chi connectivity index (χ3n) is 3.40. The number of hydrogen-bond donors (Lipinski definition) is 1. The minimum absolute atomic E-state index is 0.462. The predicted octanol–water partition coefficient (Wildman–Crippen LogP) is 3.34. The van der Waals surface area contributed by atoms with Crippen molar-refractivity contribution in [2.24, 2.45) is 5.73 Å². The molecule has 0 heterocycles. The molecule has 0 saturated carbocycles. The first-order chi connectivity index (χ1) is 8.19. The van der Waals surface area contributed by atoms with Gasteiger partial charge in [-0.05, 0) is 25.5 Å². The molecule has 0 aromatic heterocycles. The van der Waals surface area contributed by atoms with Crippen molar-refractivity contribution in [2.45, 2.75) is 45.6 Å². The van der Waals surface area contributed by atoms with Crippen LogP contribution in [0, 0.1) is 6.92 Å². The molecule has 17 heavy (non-hydrogen) atoms. The first kappa shape index (κ1) is 14.0. The average Bonchev–Trinajstić information content (AvgIpc) is 2.35. The fraction of sp³-hybridized carbons (Fsp3) is 0.600. The van der Waals surface area contributed by atoms with Gasteiger partial charge >= 0.3 is 0 Å². The lowest BCUT2D eigenvalue weighted by atomic mass is 10.1. The van der Waals surface area contributed by atoms with Crippen LogP contribution in [-0.2, 0) is 0 Å². The fourth-order valence-electron chi connectivity index (χ4n) is 2.09. The number of anilines is 1. The Hall–Kier alpha value is -1.02. The lowest BCUT2D eigenvalue weighted by Gasteiger charge is -2.29. The van der Waals surface area contributed by atoms with Crippen LogP contribution in [0.1, 0.15) is 38.2 Å². The Labute approximate surface area is 106 Å². The Morgan fingerprint density at radius 1 is 1.18 bits per heavy atom. The van der Waals surface area contributed by atoms with Crippen molar-refractivity contribution < 1.29 is 0 Å². The molecule has 1 aromatic rings. The number of benzene rings is 1. The molecule has 0 aliphatic carbocycles. The van der Waals surface area contributed by atoms with Crippen LogP contribution >= 0.6 is 0 Å². The molecule has 0 bridgehead atoms. The first-order valence-corrected chi connectivity index (χ1v) is 6.68. The van der Waals surface area contributed by atoms with E-state index >= 15 is 0 Å². The van der Waals surface area contributed by atoms with E-state index in [4.69, 9.17) is 5.73 Å². The maximum absolute atomic E-state index is 5.88. The van der Waals surface area contributed by atoms with Gasteiger partial charge in [-0.15, -0.1) is 0 Å². The molecule has 0 aliphatic heterocycles. The van der Waals surface area contributed by atoms with Crippen LogP contribution in [0.25, 0.3) is 0 Å². The van der Waals surface area contributed by atoms with Gasteiger partial charge in [0, 0.05) is 25.3 Å². The second-order valence-electron chi connectivity index (χ2n) is 4.83. The van der Waals surface area contributed by atoms with E-state index in [1.165, 1.54) is 36.9 Å². The largest absolute Gasteiger partial charge is 0.370 e. The quantitative estimate of drug-likeness (QED) is 0.733. The van der Waals surface area contributed by atoms with Gasteiger partial charge in [-0.3, -0.25) is 0 Å². The van der Waals surface area contributed by atoms with Crippen molar-refractivity contribution >= 4 is 5.69 Å². The minimum Gasteiger partial charge on any atom is -0.370 e. The number of nitrogens with zero attached hydrogens (tertiary/aromatic N) is 1. The highest BCUT2D eigenvalue weighted by molar-refractivity contribution is 5.47. The monoisotopic (exact) mass is 234 g/mol. The number of rotatable bonds is 7. The van der Waals surface area contributed by atoms with Crippen LogP contribution in [0.3, 0.4) is 0 Å². The van der Waals surface area contributed by atoms with Gasteiger partial charge < -0.3 is 10.6 Å². The smallest absolute Gasteiger partial charge is 0.0409 e. The van der Waals surface area contributed by atoms with Crippen molar-refractivity contribution in [1.29, 1.82) is 0 Å². The summed E-state index contributed by atoms with van der Waals surface area (Å²) in [5.41, 5.74) is 8.45. The summed E-state index contributed by atoms with van der Waals surface area (Å²) in [6, 6.07) is 9.14. The summed E-state index contributed by atoms with van der Waals surface area (Å²) < 4.78 is 0. The first-order valence-electron chi connectivity index (χ1n) is 6.68. The molecular weight excluding hydrogens is 208 g/mol. The number of hydrogen-bond acceptors (Lipinski definition) is 2. The molecule has 1 aromatic carbocycles. The van der Waals surface area contributed by atoms with Gasteiger partial charge in [0.2, 0.25) is 0 Å². The maximum Gasteiger partial charge on any atom is 0.0409 e. The highest BCUT2D eigenvalue weighted by Crippen LogP contribution is 2.18. The number of unbranched alkanes of at least 4 members (excludes halogenated alkanes) is 2. The summed E-state index contributed by atoms with van der Waals surface area (Å²) in [6.45, 7) is 5.08. The van der Waals surface area contributed by atoms with Crippen molar-refractivity contribution in [3.05, 3.63) is 29.8 Å². The summed E-state index contributed by atoms with van der Waals surface area (Å²) in [5.74, 6) is 0. The topological polar surface area (TPSA) is 29.3 Å². The van der Waals surface area contributed by atoms with Gasteiger partial charge in [0.05, 0.1) is 0 Å². The minimum atomic E-state index is 0.462. The van der Waals surface area contributed by atoms with Crippen LogP contribution < -0.4 is 10.6 Å². The molecule has 0 radical (unpaired) electrons. The molecule has 1 atom stereocenters. The Balaban J connectivity index is 2.58. The number of likely N-dealkylation sites (N-methyl/N-ethyl adjacent to an activating group) is 1. The summed E-state index contributed by atoms with van der Waals surface area (Å²) in [4.78, 5) is 2.31. The van der Waals surface area contributed by atoms with Crippen LogP contribution in [0.2, 0.25) is 0 Å². The van der Waals surface area contributed by atoms with Crippen molar-refractivity contribution in [3.8, 4) is 0 Å². The molecule has 2 N–H and O–H groups in total. The number of aryl methyl sites for hydroxylation is 1. The van der Waals surface area contributed by atoms with E-state index in [1.54, 1.807) is 0 Å². The van der Waals surface area contributed by atoms with Crippen LogP contribution in [0.15, 0.2) is 24.3 Å². The highest BCUT2D eigenvalue weighted by Gasteiger charge is 2.12. The van der Waals surface area contributed by atoms with E-state index in [2.05, 4.69) is 50.1 Å². The molecule has 0 saturated heterocycles. The Bertz CT molecular complexity index is 305. The van der Waals surface area contributed by atoms with E-state index in [0.29, 0.717) is 6.04 Å². The zero-order valence-electron chi connectivity index (χ0n) is 11.4. The lowest BCUT2D eigenvalue weighted by Crippen LogP contribution is -2.37. The second-order valence-corrected chi connectivity index (χ2v) is 4.83. The standard InChI is InChI=1S/C15H26N2/c1-4-5-6-7-15(12-16)17(3)14-10-8-13(2)9-11-14/h8-11,15H,4-7,12,16H2,1-3H3. The summed E-state index contributed by atoms with van der Waals surface area (Å²) in [6.07, 6.45) is 5.03. The van der Waals surface area contributed by atoms with Gasteiger partial charge in [0.15, 0.2) is 0 Å². The Morgan fingerprint density at radius 3 is 2.35 bits per heavy atom. The van der Waals surface area contributed by atoms with E-state index in [9.17, 15) is 0 Å². The van der Waals surface area contributed by atoms with Crippen LogP contribution in [0.5, 0.6) is 0 Å². The average molecular weight is 234 g/mol. The SMILES string of the molecule is CCCCCC(CN)N(C)c1ccc(C)cc1. The summed E-state index contributed by atoms with van der Waals surface area (Å²) in [7, 11) is 2.15. The van der Waals surface area contributed by atoms with Gasteiger partial charge in [-0.25, -0.2) is 0 Å². The molecule has 1 unspecified atom stereocenters. The fourth-order valence-corrected chi connectivity index (χ4v) is 2.09. The zero-order valence-corrected chi connectivity index (χ0v) is 11.4. The molecular formula is C15H26N2. The van der Waals surface area contributed by atoms with Gasteiger partial charge in [0.1, 0.15) is 0 Å². The van der Waals surface area contributed by atoms with E-state index < -0.39 is 0 Å². The maximum atomic E-state index is 5.88. The summed E-state index contributed by atoms with van der Waals surface area (Å²) >= 11 is 0. The Kier molecular flexibility index (Phi) is 6.06. The predicted molar refractivity (Wildman–Crippen MR) is 76.6 cm³/mol. The molecule has 96 valence electrons. The van der Waals surface area contributed by atoms with Gasteiger partial charge in [-0.1, -0.05) is 43.9 Å². The molecule has 1 rings (SSSR count). The van der Waals surface area contributed by atoms with Gasteiger partial charge in [-0.2, -0.15) is 0 Å². The Morgan fingerprint density at radius 2 is 1.82 bits per heavy atom. The highest BCUT2D eigenvalue weighted by atomic mass is 15.1. The second kappa shape index (κ2) is 7.33. The third kappa shape index (κ3) is 4.39. The van der Waals surface area contributed by atoms with Crippen molar-refractivity contribution in [3.63, 3.8) is 0 Å². The van der Waals surface area contributed by atoms with Gasteiger partial charge in [0.25, 0.3) is 0 Å². The third-order valence-corrected chi connectivity index (χ3v) is 3.40. The molecule has 0 amide bonds. The van der Waals surface area contributed by atoms with E-state index in [0.717, 1.165) is 6.54 Å².